The van der Waals surface area contributed by atoms with Gasteiger partial charge in [0.1, 0.15) is 0 Å². The minimum absolute atomic E-state index is 0.505. The maximum Gasteiger partial charge on any atom is 0.0599 e. The number of hydrogen-bond acceptors (Lipinski definition) is 3. The highest BCUT2D eigenvalue weighted by Gasteiger charge is 2.17. The number of ether oxygens (including phenoxy) is 1. The van der Waals surface area contributed by atoms with Crippen molar-refractivity contribution in [2.75, 3.05) is 40.3 Å². The van der Waals surface area contributed by atoms with E-state index < -0.39 is 0 Å². The number of hydrogen-bond donors (Lipinski definition) is 1. The third-order valence-electron chi connectivity index (χ3n) is 2.83. The average molecular weight is 200 g/mol. The van der Waals surface area contributed by atoms with Gasteiger partial charge in [0, 0.05) is 13.1 Å². The van der Waals surface area contributed by atoms with Crippen LogP contribution in [0, 0.1) is 5.92 Å². The zero-order valence-corrected chi connectivity index (χ0v) is 9.75. The van der Waals surface area contributed by atoms with Crippen molar-refractivity contribution >= 4 is 0 Å². The van der Waals surface area contributed by atoms with Crippen molar-refractivity contribution in [1.29, 1.82) is 0 Å². The summed E-state index contributed by atoms with van der Waals surface area (Å²) >= 11 is 0. The molecular weight excluding hydrogens is 176 g/mol. The first kappa shape index (κ1) is 12.0. The SMILES string of the molecule is CNCC(C)COC1CCN(C)CC1. The Morgan fingerprint density at radius 2 is 2.07 bits per heavy atom. The normalized spacial score (nSPS) is 22.5. The number of rotatable bonds is 5. The van der Waals surface area contributed by atoms with Crippen LogP contribution in [0.2, 0.25) is 0 Å². The Morgan fingerprint density at radius 1 is 1.43 bits per heavy atom. The predicted octanol–water partition coefficient (Wildman–Crippen LogP) is 0.953. The van der Waals surface area contributed by atoms with E-state index in [0.29, 0.717) is 12.0 Å². The highest BCUT2D eigenvalue weighted by atomic mass is 16.5. The molecule has 0 amide bonds. The minimum Gasteiger partial charge on any atom is -0.378 e. The first-order valence-electron chi connectivity index (χ1n) is 5.67. The van der Waals surface area contributed by atoms with Crippen molar-refractivity contribution < 1.29 is 4.74 Å². The van der Waals surface area contributed by atoms with Crippen LogP contribution in [0.3, 0.4) is 0 Å². The third kappa shape index (κ3) is 4.40. The Hall–Kier alpha value is -0.120. The second kappa shape index (κ2) is 6.38. The Bertz CT molecular complexity index is 144. The monoisotopic (exact) mass is 200 g/mol. The Labute approximate surface area is 87.8 Å². The number of nitrogens with zero attached hydrogens (tertiary/aromatic N) is 1. The van der Waals surface area contributed by atoms with E-state index >= 15 is 0 Å². The molecule has 0 spiro atoms. The van der Waals surface area contributed by atoms with Gasteiger partial charge in [-0.2, -0.15) is 0 Å². The van der Waals surface area contributed by atoms with E-state index in [1.165, 1.54) is 25.9 Å². The molecule has 1 unspecified atom stereocenters. The minimum atomic E-state index is 0.505. The number of piperidine rings is 1. The summed E-state index contributed by atoms with van der Waals surface area (Å²) in [6.45, 7) is 6.55. The fourth-order valence-electron chi connectivity index (χ4n) is 1.86. The maximum absolute atomic E-state index is 5.88. The van der Waals surface area contributed by atoms with Crippen LogP contribution < -0.4 is 5.32 Å². The van der Waals surface area contributed by atoms with Gasteiger partial charge in [-0.1, -0.05) is 6.92 Å². The molecule has 1 N–H and O–H groups in total. The van der Waals surface area contributed by atoms with Crippen LogP contribution in [0.4, 0.5) is 0 Å². The molecule has 14 heavy (non-hydrogen) atoms. The topological polar surface area (TPSA) is 24.5 Å². The first-order chi connectivity index (χ1) is 6.72. The summed E-state index contributed by atoms with van der Waals surface area (Å²) in [5, 5.41) is 3.17. The summed E-state index contributed by atoms with van der Waals surface area (Å²) in [5.74, 6) is 0.625. The van der Waals surface area contributed by atoms with Gasteiger partial charge in [0.05, 0.1) is 12.7 Å². The van der Waals surface area contributed by atoms with Crippen molar-refractivity contribution in [2.45, 2.75) is 25.9 Å². The summed E-state index contributed by atoms with van der Waals surface area (Å²) in [4.78, 5) is 2.37. The highest BCUT2D eigenvalue weighted by Crippen LogP contribution is 2.12. The molecule has 0 aromatic heterocycles. The molecule has 3 heteroatoms. The lowest BCUT2D eigenvalue weighted by atomic mass is 10.1. The van der Waals surface area contributed by atoms with Crippen molar-refractivity contribution in [3.05, 3.63) is 0 Å². The van der Waals surface area contributed by atoms with Crippen molar-refractivity contribution in [3.63, 3.8) is 0 Å². The van der Waals surface area contributed by atoms with E-state index in [1.54, 1.807) is 0 Å². The first-order valence-corrected chi connectivity index (χ1v) is 5.67. The summed E-state index contributed by atoms with van der Waals surface area (Å²) in [7, 11) is 4.17. The molecule has 0 aliphatic carbocycles. The lowest BCUT2D eigenvalue weighted by Crippen LogP contribution is -2.35. The van der Waals surface area contributed by atoms with Gasteiger partial charge in [0.2, 0.25) is 0 Å². The summed E-state index contributed by atoms with van der Waals surface area (Å²) in [5.41, 5.74) is 0. The van der Waals surface area contributed by atoms with Gasteiger partial charge in [-0.3, -0.25) is 0 Å². The zero-order chi connectivity index (χ0) is 10.4. The average Bonchev–Trinajstić information content (AvgIpc) is 2.17. The van der Waals surface area contributed by atoms with E-state index in [2.05, 4.69) is 24.2 Å². The van der Waals surface area contributed by atoms with E-state index in [4.69, 9.17) is 4.74 Å². The molecule has 0 bridgehead atoms. The molecule has 1 atom stereocenters. The molecule has 0 radical (unpaired) electrons. The largest absolute Gasteiger partial charge is 0.378 e. The summed E-state index contributed by atoms with van der Waals surface area (Å²) < 4.78 is 5.88. The van der Waals surface area contributed by atoms with Gasteiger partial charge in [0.15, 0.2) is 0 Å². The van der Waals surface area contributed by atoms with Gasteiger partial charge in [0.25, 0.3) is 0 Å². The predicted molar refractivity (Wildman–Crippen MR) is 59.6 cm³/mol. The van der Waals surface area contributed by atoms with Gasteiger partial charge >= 0.3 is 0 Å². The second-order valence-corrected chi connectivity index (χ2v) is 4.50. The molecule has 1 heterocycles. The lowest BCUT2D eigenvalue weighted by molar-refractivity contribution is -0.00219. The molecule has 1 aliphatic rings. The molecule has 3 nitrogen and oxygen atoms in total. The lowest BCUT2D eigenvalue weighted by Gasteiger charge is -2.29. The van der Waals surface area contributed by atoms with Crippen LogP contribution in [0.25, 0.3) is 0 Å². The maximum atomic E-state index is 5.88. The van der Waals surface area contributed by atoms with E-state index in [9.17, 15) is 0 Å². The Morgan fingerprint density at radius 3 is 2.64 bits per heavy atom. The fraction of sp³-hybridized carbons (Fsp3) is 1.00. The highest BCUT2D eigenvalue weighted by molar-refractivity contribution is 4.70. The molecule has 1 rings (SSSR count). The standard InChI is InChI=1S/C11H24N2O/c1-10(8-12-2)9-14-11-4-6-13(3)7-5-11/h10-12H,4-9H2,1-3H3. The molecule has 1 fully saturated rings. The van der Waals surface area contributed by atoms with Crippen LogP contribution in [-0.2, 0) is 4.74 Å². The molecule has 1 saturated heterocycles. The van der Waals surface area contributed by atoms with Gasteiger partial charge in [-0.25, -0.2) is 0 Å². The quantitative estimate of drug-likeness (QED) is 0.715. The van der Waals surface area contributed by atoms with E-state index in [1.807, 2.05) is 7.05 Å². The zero-order valence-electron chi connectivity index (χ0n) is 9.75. The van der Waals surface area contributed by atoms with Crippen molar-refractivity contribution in [3.8, 4) is 0 Å². The van der Waals surface area contributed by atoms with Crippen molar-refractivity contribution in [2.24, 2.45) is 5.92 Å². The van der Waals surface area contributed by atoms with Crippen LogP contribution >= 0.6 is 0 Å². The molecule has 0 saturated carbocycles. The second-order valence-electron chi connectivity index (χ2n) is 4.50. The van der Waals surface area contributed by atoms with Crippen molar-refractivity contribution in [1.82, 2.24) is 10.2 Å². The molecule has 84 valence electrons. The summed E-state index contributed by atoms with van der Waals surface area (Å²) in [6, 6.07) is 0. The van der Waals surface area contributed by atoms with E-state index in [-0.39, 0.29) is 0 Å². The van der Waals surface area contributed by atoms with Gasteiger partial charge < -0.3 is 15.0 Å². The number of likely N-dealkylation sites (tertiary alicyclic amines) is 1. The third-order valence-corrected chi connectivity index (χ3v) is 2.83. The van der Waals surface area contributed by atoms with Crippen LogP contribution in [-0.4, -0.2) is 51.3 Å². The Kier molecular flexibility index (Phi) is 5.45. The van der Waals surface area contributed by atoms with Gasteiger partial charge in [-0.05, 0) is 39.4 Å². The van der Waals surface area contributed by atoms with Gasteiger partial charge in [-0.15, -0.1) is 0 Å². The van der Waals surface area contributed by atoms with Crippen LogP contribution in [0.15, 0.2) is 0 Å². The molecule has 0 aromatic rings. The number of nitrogens with one attached hydrogen (secondary N) is 1. The molecule has 0 aromatic carbocycles. The van der Waals surface area contributed by atoms with Crippen LogP contribution in [0.1, 0.15) is 19.8 Å². The Balaban J connectivity index is 2.06. The van der Waals surface area contributed by atoms with E-state index in [0.717, 1.165) is 13.2 Å². The summed E-state index contributed by atoms with van der Waals surface area (Å²) in [6.07, 6.45) is 2.90. The fourth-order valence-corrected chi connectivity index (χ4v) is 1.86. The van der Waals surface area contributed by atoms with Crippen LogP contribution in [0.5, 0.6) is 0 Å². The molecule has 1 aliphatic heterocycles. The molecular formula is C11H24N2O. The smallest absolute Gasteiger partial charge is 0.0599 e.